The summed E-state index contributed by atoms with van der Waals surface area (Å²) in [6, 6.07) is 7.62. The number of methoxy groups -OCH3 is 2. The lowest BCUT2D eigenvalue weighted by molar-refractivity contribution is 0.0606. The van der Waals surface area contributed by atoms with Crippen LogP contribution in [0.3, 0.4) is 0 Å². The number of sulfonamides is 1. The molecule has 22 heavy (non-hydrogen) atoms. The van der Waals surface area contributed by atoms with Crippen LogP contribution in [0.25, 0.3) is 0 Å². The molecule has 0 aliphatic heterocycles. The molecule has 6 nitrogen and oxygen atoms in total. The number of hydrogen-bond acceptors (Lipinski definition) is 6. The minimum absolute atomic E-state index is 0.112. The van der Waals surface area contributed by atoms with Crippen molar-refractivity contribution in [2.24, 2.45) is 0 Å². The number of nitrogens with one attached hydrogen (secondary N) is 1. The summed E-state index contributed by atoms with van der Waals surface area (Å²) in [7, 11) is -0.946. The first-order valence-corrected chi connectivity index (χ1v) is 8.53. The predicted molar refractivity (Wildman–Crippen MR) is 84.2 cm³/mol. The quantitative estimate of drug-likeness (QED) is 0.846. The summed E-state index contributed by atoms with van der Waals surface area (Å²) in [6.45, 7) is 1.72. The van der Waals surface area contributed by atoms with Crippen LogP contribution in [-0.4, -0.2) is 28.6 Å². The highest BCUT2D eigenvalue weighted by molar-refractivity contribution is 7.93. The van der Waals surface area contributed by atoms with Crippen molar-refractivity contribution in [3.8, 4) is 5.75 Å². The Morgan fingerprint density at radius 3 is 2.36 bits per heavy atom. The maximum Gasteiger partial charge on any atom is 0.348 e. The molecular formula is C14H15NO5S2. The molecule has 1 aromatic heterocycles. The third-order valence-electron chi connectivity index (χ3n) is 2.90. The Morgan fingerprint density at radius 1 is 1.18 bits per heavy atom. The molecule has 2 aromatic rings. The number of ether oxygens (including phenoxy) is 2. The fourth-order valence-electron chi connectivity index (χ4n) is 1.72. The van der Waals surface area contributed by atoms with Crippen LogP contribution in [0.2, 0.25) is 0 Å². The van der Waals surface area contributed by atoms with Crippen molar-refractivity contribution in [2.75, 3.05) is 18.9 Å². The van der Waals surface area contributed by atoms with Gasteiger partial charge in [0.25, 0.3) is 10.0 Å². The summed E-state index contributed by atoms with van der Waals surface area (Å²) in [6.07, 6.45) is 0. The van der Waals surface area contributed by atoms with Crippen molar-refractivity contribution < 1.29 is 22.7 Å². The molecule has 1 aromatic carbocycles. The van der Waals surface area contributed by atoms with Gasteiger partial charge in [-0.15, -0.1) is 11.3 Å². The first-order chi connectivity index (χ1) is 10.4. The number of benzene rings is 1. The Balaban J connectivity index is 2.28. The fourth-order valence-corrected chi connectivity index (χ4v) is 4.08. The molecule has 118 valence electrons. The van der Waals surface area contributed by atoms with Crippen LogP contribution < -0.4 is 9.46 Å². The van der Waals surface area contributed by atoms with E-state index in [9.17, 15) is 13.2 Å². The average Bonchev–Trinajstić information content (AvgIpc) is 2.87. The summed E-state index contributed by atoms with van der Waals surface area (Å²) < 4.78 is 36.8. The minimum atomic E-state index is -3.73. The molecule has 0 saturated heterocycles. The number of aryl methyl sites for hydroxylation is 1. The van der Waals surface area contributed by atoms with Gasteiger partial charge in [0.05, 0.1) is 19.1 Å². The molecular weight excluding hydrogens is 326 g/mol. The van der Waals surface area contributed by atoms with Crippen LogP contribution in [0, 0.1) is 6.92 Å². The number of esters is 1. The molecule has 0 bridgehead atoms. The molecule has 0 aliphatic carbocycles. The van der Waals surface area contributed by atoms with Gasteiger partial charge >= 0.3 is 5.97 Å². The molecule has 0 radical (unpaired) electrons. The van der Waals surface area contributed by atoms with E-state index < -0.39 is 16.0 Å². The average molecular weight is 341 g/mol. The van der Waals surface area contributed by atoms with Gasteiger partial charge in [-0.3, -0.25) is 4.72 Å². The Kier molecular flexibility index (Phi) is 4.72. The highest BCUT2D eigenvalue weighted by Gasteiger charge is 2.19. The second-order valence-corrected chi connectivity index (χ2v) is 7.13. The number of rotatable bonds is 5. The topological polar surface area (TPSA) is 81.7 Å². The zero-order chi connectivity index (χ0) is 16.3. The van der Waals surface area contributed by atoms with Gasteiger partial charge in [0.15, 0.2) is 0 Å². The molecule has 0 spiro atoms. The number of carbonyl (C=O) groups is 1. The Hall–Kier alpha value is -2.06. The van der Waals surface area contributed by atoms with Crippen molar-refractivity contribution in [3.05, 3.63) is 40.8 Å². The largest absolute Gasteiger partial charge is 0.497 e. The number of anilines is 1. The van der Waals surface area contributed by atoms with Gasteiger partial charge in [0, 0.05) is 0 Å². The maximum absolute atomic E-state index is 12.3. The predicted octanol–water partition coefficient (Wildman–Crippen LogP) is 2.65. The van der Waals surface area contributed by atoms with Crippen molar-refractivity contribution in [2.45, 2.75) is 11.8 Å². The SMILES string of the molecule is COC(=O)c1cc(C)c(NS(=O)(=O)c2ccc(OC)cc2)s1. The summed E-state index contributed by atoms with van der Waals surface area (Å²) in [4.78, 5) is 11.9. The van der Waals surface area contributed by atoms with E-state index in [4.69, 9.17) is 4.74 Å². The summed E-state index contributed by atoms with van der Waals surface area (Å²) in [5.41, 5.74) is 0.655. The lowest BCUT2D eigenvalue weighted by Gasteiger charge is -2.07. The fraction of sp³-hybridized carbons (Fsp3) is 0.214. The lowest BCUT2D eigenvalue weighted by Crippen LogP contribution is -2.12. The summed E-state index contributed by atoms with van der Waals surface area (Å²) in [5.74, 6) is 0.0715. The third-order valence-corrected chi connectivity index (χ3v) is 5.53. The molecule has 0 aliphatic rings. The Bertz CT molecular complexity index is 778. The number of hydrogen-bond donors (Lipinski definition) is 1. The van der Waals surface area contributed by atoms with E-state index in [1.54, 1.807) is 25.1 Å². The summed E-state index contributed by atoms with van der Waals surface area (Å²) >= 11 is 1.03. The molecule has 2 rings (SSSR count). The van der Waals surface area contributed by atoms with Gasteiger partial charge in [-0.05, 0) is 42.8 Å². The van der Waals surface area contributed by atoms with Crippen molar-refractivity contribution >= 4 is 32.3 Å². The molecule has 0 atom stereocenters. The van der Waals surface area contributed by atoms with E-state index >= 15 is 0 Å². The Morgan fingerprint density at radius 2 is 1.82 bits per heavy atom. The van der Waals surface area contributed by atoms with Gasteiger partial charge in [-0.25, -0.2) is 13.2 Å². The van der Waals surface area contributed by atoms with E-state index in [0.29, 0.717) is 21.2 Å². The Labute approximate surface area is 132 Å². The minimum Gasteiger partial charge on any atom is -0.497 e. The van der Waals surface area contributed by atoms with Crippen molar-refractivity contribution in [1.82, 2.24) is 0 Å². The van der Waals surface area contributed by atoms with Crippen LogP contribution in [0.1, 0.15) is 15.2 Å². The molecule has 8 heteroatoms. The van der Waals surface area contributed by atoms with Crippen LogP contribution in [0.15, 0.2) is 35.2 Å². The number of thiophene rings is 1. The van der Waals surface area contributed by atoms with E-state index in [2.05, 4.69) is 9.46 Å². The smallest absolute Gasteiger partial charge is 0.348 e. The normalized spacial score (nSPS) is 11.0. The maximum atomic E-state index is 12.3. The molecule has 0 unspecified atom stereocenters. The molecule has 0 fully saturated rings. The first kappa shape index (κ1) is 16.3. The zero-order valence-electron chi connectivity index (χ0n) is 12.2. The van der Waals surface area contributed by atoms with Crippen LogP contribution in [0.5, 0.6) is 5.75 Å². The second-order valence-electron chi connectivity index (χ2n) is 4.40. The van der Waals surface area contributed by atoms with Crippen LogP contribution in [-0.2, 0) is 14.8 Å². The zero-order valence-corrected chi connectivity index (χ0v) is 13.9. The molecule has 1 heterocycles. The van der Waals surface area contributed by atoms with E-state index in [1.807, 2.05) is 0 Å². The van der Waals surface area contributed by atoms with Crippen molar-refractivity contribution in [3.63, 3.8) is 0 Å². The second kappa shape index (κ2) is 6.37. The monoisotopic (exact) mass is 341 g/mol. The van der Waals surface area contributed by atoms with Gasteiger partial charge < -0.3 is 9.47 Å². The highest BCUT2D eigenvalue weighted by atomic mass is 32.2. The van der Waals surface area contributed by atoms with E-state index in [-0.39, 0.29) is 4.90 Å². The van der Waals surface area contributed by atoms with Crippen LogP contribution >= 0.6 is 11.3 Å². The molecule has 0 saturated carbocycles. The first-order valence-electron chi connectivity index (χ1n) is 6.23. The number of carbonyl (C=O) groups excluding carboxylic acids is 1. The van der Waals surface area contributed by atoms with Crippen LogP contribution in [0.4, 0.5) is 5.00 Å². The van der Waals surface area contributed by atoms with Gasteiger partial charge in [0.1, 0.15) is 15.6 Å². The highest BCUT2D eigenvalue weighted by Crippen LogP contribution is 2.30. The molecule has 1 N–H and O–H groups in total. The van der Waals surface area contributed by atoms with E-state index in [1.165, 1.54) is 26.4 Å². The standard InChI is InChI=1S/C14H15NO5S2/c1-9-8-12(14(16)20-3)21-13(9)15-22(17,18)11-6-4-10(19-2)5-7-11/h4-8,15H,1-3H3. The van der Waals surface area contributed by atoms with E-state index in [0.717, 1.165) is 11.3 Å². The molecule has 0 amide bonds. The van der Waals surface area contributed by atoms with Crippen molar-refractivity contribution in [1.29, 1.82) is 0 Å². The van der Waals surface area contributed by atoms with Gasteiger partial charge in [0.2, 0.25) is 0 Å². The van der Waals surface area contributed by atoms with Gasteiger partial charge in [-0.1, -0.05) is 0 Å². The summed E-state index contributed by atoms with van der Waals surface area (Å²) in [5, 5.41) is 0.385. The van der Waals surface area contributed by atoms with Gasteiger partial charge in [-0.2, -0.15) is 0 Å². The lowest BCUT2D eigenvalue weighted by atomic mass is 10.3. The third kappa shape index (κ3) is 3.40.